The van der Waals surface area contributed by atoms with Gasteiger partial charge in [0, 0.05) is 26.1 Å². The second-order valence-electron chi connectivity index (χ2n) is 7.07. The Morgan fingerprint density at radius 3 is 2.96 bits per heavy atom. The maximum absolute atomic E-state index is 12.6. The summed E-state index contributed by atoms with van der Waals surface area (Å²) in [6, 6.07) is 1.81. The summed E-state index contributed by atoms with van der Waals surface area (Å²) >= 11 is 1.47. The highest BCUT2D eigenvalue weighted by atomic mass is 32.1. The van der Waals surface area contributed by atoms with Gasteiger partial charge >= 0.3 is 0 Å². The lowest BCUT2D eigenvalue weighted by atomic mass is 9.75. The first-order valence-electron chi connectivity index (χ1n) is 8.93. The molecule has 5 nitrogen and oxygen atoms in total. The summed E-state index contributed by atoms with van der Waals surface area (Å²) in [4.78, 5) is 32.0. The van der Waals surface area contributed by atoms with E-state index in [2.05, 4.69) is 4.98 Å². The minimum atomic E-state index is -0.0416. The maximum atomic E-state index is 12.6. The monoisotopic (exact) mass is 345 g/mol. The summed E-state index contributed by atoms with van der Waals surface area (Å²) in [5, 5.41) is 2.53. The highest BCUT2D eigenvalue weighted by Gasteiger charge is 2.32. The number of likely N-dealkylation sites (tertiary alicyclic amines) is 1. The number of rotatable bonds is 3. The molecule has 1 saturated heterocycles. The molecular weight excluding hydrogens is 322 g/mol. The van der Waals surface area contributed by atoms with Crippen molar-refractivity contribution in [2.75, 3.05) is 13.1 Å². The molecule has 24 heavy (non-hydrogen) atoms. The summed E-state index contributed by atoms with van der Waals surface area (Å²) in [6.45, 7) is 2.22. The molecule has 2 atom stereocenters. The number of carbonyl (C=O) groups is 1. The lowest BCUT2D eigenvalue weighted by Crippen LogP contribution is -2.45. The Hall–Kier alpha value is -1.69. The molecule has 2 aromatic rings. The Morgan fingerprint density at radius 2 is 2.08 bits per heavy atom. The number of hydrogen-bond acceptors (Lipinski definition) is 4. The van der Waals surface area contributed by atoms with Gasteiger partial charge in [0.1, 0.15) is 4.83 Å². The molecule has 0 unspecified atom stereocenters. The van der Waals surface area contributed by atoms with E-state index < -0.39 is 0 Å². The second-order valence-corrected chi connectivity index (χ2v) is 7.96. The largest absolute Gasteiger partial charge is 0.342 e. The summed E-state index contributed by atoms with van der Waals surface area (Å²) < 4.78 is 1.57. The summed E-state index contributed by atoms with van der Waals surface area (Å²) in [5.74, 6) is 1.70. The highest BCUT2D eigenvalue weighted by Crippen LogP contribution is 2.36. The van der Waals surface area contributed by atoms with E-state index in [1.165, 1.54) is 37.0 Å². The number of thiophene rings is 1. The minimum Gasteiger partial charge on any atom is -0.342 e. The van der Waals surface area contributed by atoms with Crippen molar-refractivity contribution < 1.29 is 4.79 Å². The molecule has 2 aromatic heterocycles. The van der Waals surface area contributed by atoms with E-state index in [-0.39, 0.29) is 11.5 Å². The summed E-state index contributed by atoms with van der Waals surface area (Å²) in [7, 11) is 0. The molecule has 6 heteroatoms. The van der Waals surface area contributed by atoms with Crippen LogP contribution in [0.5, 0.6) is 0 Å². The standard InChI is InChI=1S/C18H23N3O2S/c22-16(20-8-5-13-3-1-2-4-14(13)11-20)6-9-21-12-19-17-15(18(21)23)7-10-24-17/h7,10,12-14H,1-6,8-9,11H2/t13-,14+/m0/s1. The van der Waals surface area contributed by atoms with Crippen molar-refractivity contribution in [3.05, 3.63) is 28.1 Å². The van der Waals surface area contributed by atoms with Crippen molar-refractivity contribution in [1.29, 1.82) is 0 Å². The zero-order valence-corrected chi connectivity index (χ0v) is 14.6. The number of amides is 1. The number of aryl methyl sites for hydroxylation is 1. The van der Waals surface area contributed by atoms with Crippen LogP contribution < -0.4 is 5.56 Å². The van der Waals surface area contributed by atoms with Crippen molar-refractivity contribution in [2.45, 2.75) is 45.1 Å². The quantitative estimate of drug-likeness (QED) is 0.859. The molecule has 4 rings (SSSR count). The molecule has 128 valence electrons. The van der Waals surface area contributed by atoms with Crippen molar-refractivity contribution in [3.8, 4) is 0 Å². The molecular formula is C18H23N3O2S. The Kier molecular flexibility index (Phi) is 4.39. The normalized spacial score (nSPS) is 24.1. The lowest BCUT2D eigenvalue weighted by Gasteiger charge is -2.41. The first-order valence-corrected chi connectivity index (χ1v) is 9.81. The van der Waals surface area contributed by atoms with Gasteiger partial charge in [-0.3, -0.25) is 14.2 Å². The number of nitrogens with zero attached hydrogens (tertiary/aromatic N) is 3. The molecule has 2 fully saturated rings. The number of fused-ring (bicyclic) bond motifs is 2. The molecule has 3 heterocycles. The lowest BCUT2D eigenvalue weighted by molar-refractivity contribution is -0.134. The Balaban J connectivity index is 1.39. The van der Waals surface area contributed by atoms with Gasteiger partial charge in [-0.1, -0.05) is 19.3 Å². The molecule has 0 N–H and O–H groups in total. The summed E-state index contributed by atoms with van der Waals surface area (Å²) in [6.07, 6.45) is 8.39. The van der Waals surface area contributed by atoms with Gasteiger partial charge in [0.25, 0.3) is 5.56 Å². The number of carbonyl (C=O) groups excluding carboxylic acids is 1. The Labute approximate surface area is 145 Å². The van der Waals surface area contributed by atoms with E-state index in [1.54, 1.807) is 10.9 Å². The predicted octanol–water partition coefficient (Wildman–Crippen LogP) is 2.89. The molecule has 0 radical (unpaired) electrons. The predicted molar refractivity (Wildman–Crippen MR) is 95.1 cm³/mol. The number of aromatic nitrogens is 2. The first kappa shape index (κ1) is 15.8. The zero-order chi connectivity index (χ0) is 16.5. The molecule has 2 aliphatic rings. The molecule has 1 saturated carbocycles. The third kappa shape index (κ3) is 2.99. The second kappa shape index (κ2) is 6.67. The van der Waals surface area contributed by atoms with Gasteiger partial charge in [-0.25, -0.2) is 4.98 Å². The van der Waals surface area contributed by atoms with Crippen LogP contribution in [0.1, 0.15) is 38.5 Å². The number of hydrogen-bond donors (Lipinski definition) is 0. The third-order valence-corrected chi connectivity index (χ3v) is 6.48. The van der Waals surface area contributed by atoms with Gasteiger partial charge in [-0.2, -0.15) is 0 Å². The smallest absolute Gasteiger partial charge is 0.262 e. The van der Waals surface area contributed by atoms with Crippen LogP contribution in [0.15, 0.2) is 22.6 Å². The van der Waals surface area contributed by atoms with Gasteiger partial charge in [0.2, 0.25) is 5.91 Å². The van der Waals surface area contributed by atoms with Gasteiger partial charge in [-0.05, 0) is 36.1 Å². The van der Waals surface area contributed by atoms with E-state index in [9.17, 15) is 9.59 Å². The average Bonchev–Trinajstić information content (AvgIpc) is 3.10. The topological polar surface area (TPSA) is 55.2 Å². The molecule has 0 aromatic carbocycles. The SMILES string of the molecule is O=C(CCn1cnc2sccc2c1=O)N1CC[C@@H]2CCCC[C@@H]2C1. The van der Waals surface area contributed by atoms with E-state index >= 15 is 0 Å². The van der Waals surface area contributed by atoms with Gasteiger partial charge in [0.15, 0.2) is 0 Å². The van der Waals surface area contributed by atoms with E-state index in [0.717, 1.165) is 30.3 Å². The van der Waals surface area contributed by atoms with E-state index in [4.69, 9.17) is 0 Å². The van der Waals surface area contributed by atoms with Crippen LogP contribution in [-0.4, -0.2) is 33.4 Å². The van der Waals surface area contributed by atoms with Crippen LogP contribution in [0.25, 0.3) is 10.2 Å². The van der Waals surface area contributed by atoms with E-state index in [0.29, 0.717) is 24.3 Å². The fourth-order valence-electron chi connectivity index (χ4n) is 4.25. The van der Waals surface area contributed by atoms with Crippen molar-refractivity contribution in [1.82, 2.24) is 14.5 Å². The van der Waals surface area contributed by atoms with Gasteiger partial charge in [-0.15, -0.1) is 11.3 Å². The molecule has 1 aliphatic heterocycles. The van der Waals surface area contributed by atoms with Crippen molar-refractivity contribution >= 4 is 27.5 Å². The van der Waals surface area contributed by atoms with Gasteiger partial charge in [0.05, 0.1) is 11.7 Å². The fraction of sp³-hybridized carbons (Fsp3) is 0.611. The van der Waals surface area contributed by atoms with Crippen LogP contribution in [-0.2, 0) is 11.3 Å². The maximum Gasteiger partial charge on any atom is 0.262 e. The van der Waals surface area contributed by atoms with Crippen molar-refractivity contribution in [3.63, 3.8) is 0 Å². The van der Waals surface area contributed by atoms with Crippen LogP contribution in [0.3, 0.4) is 0 Å². The summed E-state index contributed by atoms with van der Waals surface area (Å²) in [5.41, 5.74) is -0.0416. The first-order chi connectivity index (χ1) is 11.7. The molecule has 1 amide bonds. The number of piperidine rings is 1. The van der Waals surface area contributed by atoms with E-state index in [1.807, 2.05) is 16.3 Å². The van der Waals surface area contributed by atoms with Gasteiger partial charge < -0.3 is 4.90 Å². The minimum absolute atomic E-state index is 0.0416. The molecule has 0 spiro atoms. The third-order valence-electron chi connectivity index (χ3n) is 5.66. The average molecular weight is 345 g/mol. The fourth-order valence-corrected chi connectivity index (χ4v) is 4.98. The molecule has 0 bridgehead atoms. The Morgan fingerprint density at radius 1 is 1.25 bits per heavy atom. The van der Waals surface area contributed by atoms with Crippen molar-refractivity contribution in [2.24, 2.45) is 11.8 Å². The Bertz CT molecular complexity index is 797. The molecule has 1 aliphatic carbocycles. The van der Waals surface area contributed by atoms with Crippen LogP contribution in [0.4, 0.5) is 0 Å². The highest BCUT2D eigenvalue weighted by molar-refractivity contribution is 7.16. The van der Waals surface area contributed by atoms with Crippen LogP contribution in [0.2, 0.25) is 0 Å². The van der Waals surface area contributed by atoms with Crippen LogP contribution in [0, 0.1) is 11.8 Å². The van der Waals surface area contributed by atoms with Crippen LogP contribution >= 0.6 is 11.3 Å². The zero-order valence-electron chi connectivity index (χ0n) is 13.8.